The fourth-order valence-electron chi connectivity index (χ4n) is 2.86. The van der Waals surface area contributed by atoms with E-state index in [2.05, 4.69) is 5.32 Å². The summed E-state index contributed by atoms with van der Waals surface area (Å²) in [6.07, 6.45) is 4.30. The van der Waals surface area contributed by atoms with Crippen molar-refractivity contribution in [1.29, 1.82) is 0 Å². The Bertz CT molecular complexity index is 582. The molecule has 1 heterocycles. The van der Waals surface area contributed by atoms with Gasteiger partial charge in [-0.3, -0.25) is 4.79 Å². The van der Waals surface area contributed by atoms with E-state index < -0.39 is 5.60 Å². The Hall–Kier alpha value is -1.75. The highest BCUT2D eigenvalue weighted by Gasteiger charge is 2.40. The molecular weight excluding hydrogens is 292 g/mol. The zero-order chi connectivity index (χ0) is 16.4. The van der Waals surface area contributed by atoms with Crippen LogP contribution in [0.15, 0.2) is 18.2 Å². The van der Waals surface area contributed by atoms with E-state index in [1.54, 1.807) is 7.11 Å². The highest BCUT2D eigenvalue weighted by molar-refractivity contribution is 6.02. The summed E-state index contributed by atoms with van der Waals surface area (Å²) >= 11 is 0. The number of amides is 1. The minimum absolute atomic E-state index is 0.0194. The quantitative estimate of drug-likeness (QED) is 0.785. The third kappa shape index (κ3) is 3.61. The van der Waals surface area contributed by atoms with E-state index in [0.717, 1.165) is 36.6 Å². The van der Waals surface area contributed by atoms with Gasteiger partial charge in [0.05, 0.1) is 5.69 Å². The summed E-state index contributed by atoms with van der Waals surface area (Å²) in [7, 11) is 1.70. The van der Waals surface area contributed by atoms with Gasteiger partial charge in [-0.1, -0.05) is 0 Å². The molecule has 1 aliphatic heterocycles. The van der Waals surface area contributed by atoms with Crippen LogP contribution in [0.3, 0.4) is 0 Å². The molecule has 1 aromatic rings. The highest BCUT2D eigenvalue weighted by Crippen LogP contribution is 2.40. The van der Waals surface area contributed by atoms with Gasteiger partial charge < -0.3 is 19.7 Å². The van der Waals surface area contributed by atoms with Gasteiger partial charge in [0.2, 0.25) is 0 Å². The lowest BCUT2D eigenvalue weighted by atomic mass is 10.0. The Morgan fingerprint density at radius 1 is 1.35 bits per heavy atom. The molecule has 2 aliphatic rings. The molecular formula is C18H26N2O3. The summed E-state index contributed by atoms with van der Waals surface area (Å²) in [5, 5.41) is 3.48. The molecule has 1 amide bonds. The van der Waals surface area contributed by atoms with Gasteiger partial charge in [-0.05, 0) is 57.7 Å². The topological polar surface area (TPSA) is 50.8 Å². The molecule has 0 atom stereocenters. The molecule has 0 spiro atoms. The molecule has 126 valence electrons. The molecule has 0 aromatic heterocycles. The summed E-state index contributed by atoms with van der Waals surface area (Å²) in [5.74, 6) is 0.800. The maximum absolute atomic E-state index is 12.8. The average Bonchev–Trinajstić information content (AvgIpc) is 3.31. The third-order valence-corrected chi connectivity index (χ3v) is 4.30. The monoisotopic (exact) mass is 318 g/mol. The van der Waals surface area contributed by atoms with Crippen LogP contribution in [0.4, 0.5) is 11.4 Å². The Balaban J connectivity index is 1.82. The molecule has 1 aliphatic carbocycles. The first kappa shape index (κ1) is 16.1. The second-order valence-corrected chi connectivity index (χ2v) is 6.87. The lowest BCUT2D eigenvalue weighted by Crippen LogP contribution is -2.52. The van der Waals surface area contributed by atoms with E-state index >= 15 is 0 Å². The van der Waals surface area contributed by atoms with Gasteiger partial charge >= 0.3 is 0 Å². The number of carbonyl (C=O) groups is 1. The fraction of sp³-hybridized carbons (Fsp3) is 0.611. The summed E-state index contributed by atoms with van der Waals surface area (Å²) in [5.41, 5.74) is 1.11. The average molecular weight is 318 g/mol. The first-order valence-corrected chi connectivity index (χ1v) is 8.42. The van der Waals surface area contributed by atoms with Crippen molar-refractivity contribution in [2.75, 3.05) is 30.5 Å². The Kier molecular flexibility index (Phi) is 4.48. The van der Waals surface area contributed by atoms with Crippen LogP contribution in [0, 0.1) is 0 Å². The van der Waals surface area contributed by atoms with Crippen LogP contribution < -0.4 is 15.0 Å². The van der Waals surface area contributed by atoms with Crippen molar-refractivity contribution in [3.63, 3.8) is 0 Å². The van der Waals surface area contributed by atoms with E-state index in [1.165, 1.54) is 12.8 Å². The first-order chi connectivity index (χ1) is 11.0. The molecule has 0 bridgehead atoms. The number of rotatable bonds is 7. The number of carbonyl (C=O) groups excluding carboxylic acids is 1. The lowest BCUT2D eigenvalue weighted by molar-refractivity contribution is -0.132. The molecule has 1 saturated carbocycles. The smallest absolute Gasteiger partial charge is 0.270 e. The zero-order valence-corrected chi connectivity index (χ0v) is 14.2. The number of hydrogen-bond acceptors (Lipinski definition) is 4. The van der Waals surface area contributed by atoms with Crippen molar-refractivity contribution in [2.45, 2.75) is 51.2 Å². The van der Waals surface area contributed by atoms with Gasteiger partial charge in [-0.15, -0.1) is 0 Å². The number of anilines is 2. The van der Waals surface area contributed by atoms with Crippen molar-refractivity contribution in [2.24, 2.45) is 0 Å². The normalized spacial score (nSPS) is 19.3. The van der Waals surface area contributed by atoms with Crippen molar-refractivity contribution >= 4 is 17.3 Å². The van der Waals surface area contributed by atoms with Gasteiger partial charge in [0.25, 0.3) is 5.91 Å². The Morgan fingerprint density at radius 2 is 2.13 bits per heavy atom. The van der Waals surface area contributed by atoms with Crippen LogP contribution >= 0.6 is 0 Å². The minimum atomic E-state index is -0.820. The summed E-state index contributed by atoms with van der Waals surface area (Å²) < 4.78 is 11.0. The van der Waals surface area contributed by atoms with E-state index in [-0.39, 0.29) is 5.91 Å². The van der Waals surface area contributed by atoms with E-state index in [4.69, 9.17) is 9.47 Å². The van der Waals surface area contributed by atoms with Crippen molar-refractivity contribution < 1.29 is 14.3 Å². The third-order valence-electron chi connectivity index (χ3n) is 4.30. The van der Waals surface area contributed by atoms with E-state index in [9.17, 15) is 4.79 Å². The predicted molar refractivity (Wildman–Crippen MR) is 91.3 cm³/mol. The molecule has 5 nitrogen and oxygen atoms in total. The largest absolute Gasteiger partial charge is 0.476 e. The molecule has 5 heteroatoms. The Morgan fingerprint density at radius 3 is 2.83 bits per heavy atom. The number of nitrogens with one attached hydrogen (secondary N) is 1. The highest BCUT2D eigenvalue weighted by atomic mass is 16.5. The van der Waals surface area contributed by atoms with Crippen LogP contribution in [0.1, 0.15) is 39.5 Å². The molecule has 1 aromatic carbocycles. The number of methoxy groups -OCH3 is 1. The molecule has 1 N–H and O–H groups in total. The number of benzene rings is 1. The molecule has 1 fully saturated rings. The summed E-state index contributed by atoms with van der Waals surface area (Å²) in [6.45, 7) is 5.07. The number of ether oxygens (including phenoxy) is 2. The number of fused-ring (bicyclic) bond motifs is 1. The van der Waals surface area contributed by atoms with Crippen LogP contribution in [-0.2, 0) is 9.53 Å². The maximum atomic E-state index is 12.8. The maximum Gasteiger partial charge on any atom is 0.270 e. The van der Waals surface area contributed by atoms with Crippen molar-refractivity contribution in [3.05, 3.63) is 18.2 Å². The van der Waals surface area contributed by atoms with Crippen LogP contribution in [-0.4, -0.2) is 37.8 Å². The second kappa shape index (κ2) is 6.40. The minimum Gasteiger partial charge on any atom is -0.476 e. The fourth-order valence-corrected chi connectivity index (χ4v) is 2.86. The standard InChI is InChI=1S/C18H26N2O3/c1-18(2)17(21)20(10-4-5-11-22-3)15-12-14(19-13-6-7-13)8-9-16(15)23-18/h8-9,12-13,19H,4-7,10-11H2,1-3H3. The molecule has 0 saturated heterocycles. The van der Waals surface area contributed by atoms with Gasteiger partial charge in [0.15, 0.2) is 5.60 Å². The molecule has 0 unspecified atom stereocenters. The number of hydrogen-bond donors (Lipinski definition) is 1. The number of unbranched alkanes of at least 4 members (excludes halogenated alkanes) is 1. The molecule has 0 radical (unpaired) electrons. The predicted octanol–water partition coefficient (Wildman–Crippen LogP) is 3.19. The summed E-state index contributed by atoms with van der Waals surface area (Å²) in [6, 6.07) is 6.62. The molecule has 23 heavy (non-hydrogen) atoms. The first-order valence-electron chi connectivity index (χ1n) is 8.42. The zero-order valence-electron chi connectivity index (χ0n) is 14.2. The van der Waals surface area contributed by atoms with Gasteiger partial charge in [0.1, 0.15) is 5.75 Å². The van der Waals surface area contributed by atoms with Crippen LogP contribution in [0.25, 0.3) is 0 Å². The number of nitrogens with zero attached hydrogens (tertiary/aromatic N) is 1. The van der Waals surface area contributed by atoms with Gasteiger partial charge in [0, 0.05) is 32.0 Å². The van der Waals surface area contributed by atoms with Crippen LogP contribution in [0.5, 0.6) is 5.75 Å². The van der Waals surface area contributed by atoms with E-state index in [0.29, 0.717) is 12.6 Å². The van der Waals surface area contributed by atoms with Crippen LogP contribution in [0.2, 0.25) is 0 Å². The second-order valence-electron chi connectivity index (χ2n) is 6.87. The summed E-state index contributed by atoms with van der Waals surface area (Å²) in [4.78, 5) is 14.6. The van der Waals surface area contributed by atoms with E-state index in [1.807, 2.05) is 36.9 Å². The molecule has 3 rings (SSSR count). The van der Waals surface area contributed by atoms with Crippen molar-refractivity contribution in [1.82, 2.24) is 0 Å². The van der Waals surface area contributed by atoms with Crippen molar-refractivity contribution in [3.8, 4) is 5.75 Å². The van der Waals surface area contributed by atoms with Gasteiger partial charge in [-0.2, -0.15) is 0 Å². The van der Waals surface area contributed by atoms with Gasteiger partial charge in [-0.25, -0.2) is 0 Å². The Labute approximate surface area is 137 Å². The SMILES string of the molecule is COCCCCN1C(=O)C(C)(C)Oc2ccc(NC3CC3)cc21. The lowest BCUT2D eigenvalue weighted by Gasteiger charge is -2.39.